The number of thioether (sulfide) groups is 1. The molecule has 0 spiro atoms. The number of aromatic amines is 1. The number of imidazole rings is 1. The van der Waals surface area contributed by atoms with Gasteiger partial charge in [-0.1, -0.05) is 11.8 Å². The number of hydrogen-bond acceptors (Lipinski definition) is 6. The molecule has 1 saturated heterocycles. The number of hydrogen-bond donors (Lipinski definition) is 2. The van der Waals surface area contributed by atoms with Crippen molar-refractivity contribution in [2.75, 3.05) is 42.3 Å². The average molecular weight is 448 g/mol. The number of nitrogens with zero attached hydrogens (tertiary/aromatic N) is 3. The summed E-state index contributed by atoms with van der Waals surface area (Å²) in [6, 6.07) is 9.81. The van der Waals surface area contributed by atoms with Gasteiger partial charge in [-0.05, 0) is 46.3 Å². The summed E-state index contributed by atoms with van der Waals surface area (Å²) in [5, 5.41) is 3.59. The Kier molecular flexibility index (Phi) is 5.61. The average Bonchev–Trinajstić information content (AvgIpc) is 3.10. The lowest BCUT2D eigenvalue weighted by Gasteiger charge is -2.28. The standard InChI is InChI=1S/C18H18BrN5O2S/c19-12-9-15-17(20-10-12)23-18(22-15)27-11-16(25)21-13-1-3-14(4-2-13)24-5-7-26-8-6-24/h1-4,9-10H,5-8,11H2,(H,21,25)(H,20,22,23). The van der Waals surface area contributed by atoms with Gasteiger partial charge in [-0.2, -0.15) is 0 Å². The Bertz CT molecular complexity index is 941. The normalized spacial score (nSPS) is 14.5. The Morgan fingerprint density at radius 3 is 2.85 bits per heavy atom. The highest BCUT2D eigenvalue weighted by atomic mass is 79.9. The predicted octanol–water partition coefficient (Wildman–Crippen LogP) is 3.29. The molecule has 1 aromatic carbocycles. The molecule has 0 atom stereocenters. The van der Waals surface area contributed by atoms with Crippen molar-refractivity contribution in [1.82, 2.24) is 15.0 Å². The van der Waals surface area contributed by atoms with Crippen LogP contribution in [0.2, 0.25) is 0 Å². The number of H-pyrrole nitrogens is 1. The third-order valence-electron chi connectivity index (χ3n) is 4.15. The molecule has 140 valence electrons. The molecular weight excluding hydrogens is 430 g/mol. The Hall–Kier alpha value is -2.10. The van der Waals surface area contributed by atoms with Crippen LogP contribution in [-0.2, 0) is 9.53 Å². The molecule has 0 aliphatic carbocycles. The lowest BCUT2D eigenvalue weighted by molar-refractivity contribution is -0.113. The van der Waals surface area contributed by atoms with E-state index in [0.29, 0.717) is 10.8 Å². The first kappa shape index (κ1) is 18.3. The van der Waals surface area contributed by atoms with Gasteiger partial charge < -0.3 is 19.9 Å². The molecule has 0 unspecified atom stereocenters. The van der Waals surface area contributed by atoms with Crippen molar-refractivity contribution in [1.29, 1.82) is 0 Å². The van der Waals surface area contributed by atoms with Crippen LogP contribution in [-0.4, -0.2) is 52.9 Å². The second-order valence-electron chi connectivity index (χ2n) is 6.05. The number of anilines is 2. The maximum atomic E-state index is 12.2. The number of rotatable bonds is 5. The molecule has 3 aromatic rings. The summed E-state index contributed by atoms with van der Waals surface area (Å²) in [5.74, 6) is 0.195. The first-order valence-corrected chi connectivity index (χ1v) is 10.3. The third-order valence-corrected chi connectivity index (χ3v) is 5.46. The van der Waals surface area contributed by atoms with Crippen molar-refractivity contribution >= 4 is 56.1 Å². The summed E-state index contributed by atoms with van der Waals surface area (Å²) in [7, 11) is 0. The summed E-state index contributed by atoms with van der Waals surface area (Å²) in [6.07, 6.45) is 1.70. The van der Waals surface area contributed by atoms with Crippen molar-refractivity contribution in [3.05, 3.63) is 41.0 Å². The molecule has 9 heteroatoms. The minimum absolute atomic E-state index is 0.0753. The molecule has 4 rings (SSSR count). The Morgan fingerprint density at radius 2 is 2.07 bits per heavy atom. The lowest BCUT2D eigenvalue weighted by atomic mass is 10.2. The molecule has 2 aromatic heterocycles. The zero-order valence-corrected chi connectivity index (χ0v) is 16.8. The highest BCUT2D eigenvalue weighted by Gasteiger charge is 2.12. The molecule has 27 heavy (non-hydrogen) atoms. The van der Waals surface area contributed by atoms with Crippen LogP contribution in [0.3, 0.4) is 0 Å². The number of pyridine rings is 1. The van der Waals surface area contributed by atoms with E-state index in [1.165, 1.54) is 11.8 Å². The Morgan fingerprint density at radius 1 is 1.30 bits per heavy atom. The number of carbonyl (C=O) groups is 1. The lowest BCUT2D eigenvalue weighted by Crippen LogP contribution is -2.36. The van der Waals surface area contributed by atoms with Gasteiger partial charge in [0, 0.05) is 35.1 Å². The minimum Gasteiger partial charge on any atom is -0.378 e. The van der Waals surface area contributed by atoms with E-state index in [4.69, 9.17) is 4.74 Å². The maximum absolute atomic E-state index is 12.2. The quantitative estimate of drug-likeness (QED) is 0.583. The van der Waals surface area contributed by atoms with Gasteiger partial charge in [0.2, 0.25) is 5.91 Å². The SMILES string of the molecule is O=C(CSc1nc2ncc(Br)cc2[nH]1)Nc1ccc(N2CCOCC2)cc1. The predicted molar refractivity (Wildman–Crippen MR) is 110 cm³/mol. The number of nitrogens with one attached hydrogen (secondary N) is 2. The van der Waals surface area contributed by atoms with Crippen LogP contribution < -0.4 is 10.2 Å². The van der Waals surface area contributed by atoms with Crippen LogP contribution in [0.5, 0.6) is 0 Å². The molecule has 7 nitrogen and oxygen atoms in total. The first-order valence-electron chi connectivity index (χ1n) is 8.54. The van der Waals surface area contributed by atoms with E-state index in [2.05, 4.69) is 41.1 Å². The van der Waals surface area contributed by atoms with Crippen molar-refractivity contribution in [3.8, 4) is 0 Å². The van der Waals surface area contributed by atoms with E-state index < -0.39 is 0 Å². The van der Waals surface area contributed by atoms with Crippen molar-refractivity contribution in [3.63, 3.8) is 0 Å². The topological polar surface area (TPSA) is 83.1 Å². The fraction of sp³-hybridized carbons (Fsp3) is 0.278. The van der Waals surface area contributed by atoms with Crippen molar-refractivity contribution < 1.29 is 9.53 Å². The van der Waals surface area contributed by atoms with Crippen molar-refractivity contribution in [2.24, 2.45) is 0 Å². The second-order valence-corrected chi connectivity index (χ2v) is 7.93. The number of benzene rings is 1. The molecule has 1 aliphatic rings. The summed E-state index contributed by atoms with van der Waals surface area (Å²) in [6.45, 7) is 3.30. The zero-order valence-electron chi connectivity index (χ0n) is 14.4. The zero-order chi connectivity index (χ0) is 18.6. The number of morpholine rings is 1. The van der Waals surface area contributed by atoms with Crippen LogP contribution in [0, 0.1) is 0 Å². The number of carbonyl (C=O) groups excluding carboxylic acids is 1. The molecule has 1 aliphatic heterocycles. The molecule has 0 radical (unpaired) electrons. The van der Waals surface area contributed by atoms with Gasteiger partial charge in [-0.25, -0.2) is 9.97 Å². The van der Waals surface area contributed by atoms with E-state index in [1.807, 2.05) is 30.3 Å². The number of fused-ring (bicyclic) bond motifs is 1. The van der Waals surface area contributed by atoms with Crippen LogP contribution >= 0.6 is 27.7 Å². The van der Waals surface area contributed by atoms with Crippen LogP contribution in [0.4, 0.5) is 11.4 Å². The Labute approximate surface area is 169 Å². The number of ether oxygens (including phenoxy) is 1. The van der Waals surface area contributed by atoms with Gasteiger partial charge in [-0.15, -0.1) is 0 Å². The van der Waals surface area contributed by atoms with Gasteiger partial charge >= 0.3 is 0 Å². The third kappa shape index (κ3) is 4.60. The summed E-state index contributed by atoms with van der Waals surface area (Å²) >= 11 is 4.73. The Balaban J connectivity index is 1.31. The molecule has 1 fully saturated rings. The highest BCUT2D eigenvalue weighted by molar-refractivity contribution is 9.10. The molecular formula is C18H18BrN5O2S. The van der Waals surface area contributed by atoms with Gasteiger partial charge in [-0.3, -0.25) is 4.79 Å². The fourth-order valence-corrected chi connectivity index (χ4v) is 3.83. The van der Waals surface area contributed by atoms with E-state index in [1.54, 1.807) is 6.20 Å². The monoisotopic (exact) mass is 447 g/mol. The van der Waals surface area contributed by atoms with Crippen LogP contribution in [0.1, 0.15) is 0 Å². The van der Waals surface area contributed by atoms with Crippen LogP contribution in [0.25, 0.3) is 11.2 Å². The highest BCUT2D eigenvalue weighted by Crippen LogP contribution is 2.22. The van der Waals surface area contributed by atoms with Crippen LogP contribution in [0.15, 0.2) is 46.2 Å². The molecule has 0 saturated carbocycles. The summed E-state index contributed by atoms with van der Waals surface area (Å²) in [4.78, 5) is 26.3. The number of aromatic nitrogens is 3. The number of halogens is 1. The molecule has 3 heterocycles. The molecule has 1 amide bonds. The maximum Gasteiger partial charge on any atom is 0.234 e. The summed E-state index contributed by atoms with van der Waals surface area (Å²) < 4.78 is 6.25. The smallest absolute Gasteiger partial charge is 0.234 e. The van der Waals surface area contributed by atoms with Gasteiger partial charge in [0.15, 0.2) is 10.8 Å². The van der Waals surface area contributed by atoms with Gasteiger partial charge in [0.05, 0.1) is 24.5 Å². The van der Waals surface area contributed by atoms with Gasteiger partial charge in [0.25, 0.3) is 0 Å². The van der Waals surface area contributed by atoms with Gasteiger partial charge in [0.1, 0.15) is 0 Å². The summed E-state index contributed by atoms with van der Waals surface area (Å²) in [5.41, 5.74) is 3.41. The minimum atomic E-state index is -0.0753. The molecule has 2 N–H and O–H groups in total. The van der Waals surface area contributed by atoms with E-state index in [-0.39, 0.29) is 11.7 Å². The molecule has 0 bridgehead atoms. The fourth-order valence-electron chi connectivity index (χ4n) is 2.83. The van der Waals surface area contributed by atoms with E-state index in [0.717, 1.165) is 47.7 Å². The number of amides is 1. The van der Waals surface area contributed by atoms with Crippen molar-refractivity contribution in [2.45, 2.75) is 5.16 Å². The first-order chi connectivity index (χ1) is 13.2. The largest absolute Gasteiger partial charge is 0.378 e. The van der Waals surface area contributed by atoms with E-state index in [9.17, 15) is 4.79 Å². The van der Waals surface area contributed by atoms with E-state index >= 15 is 0 Å². The second kappa shape index (κ2) is 8.28.